The molecule has 1 N–H and O–H groups in total. The van der Waals surface area contributed by atoms with Gasteiger partial charge in [-0.2, -0.15) is 4.39 Å². The van der Waals surface area contributed by atoms with Crippen molar-refractivity contribution in [2.75, 3.05) is 13.1 Å². The standard InChI is InChI=1S/C14H20BrF2NO/c1-3-6-18-7-4-5-10(2)19-13-9-11(15)8-12(16)14(13)17/h8-10,18H,3-7H2,1-2H3. The fourth-order valence-corrected chi connectivity index (χ4v) is 2.12. The van der Waals surface area contributed by atoms with Gasteiger partial charge in [0, 0.05) is 4.47 Å². The molecule has 2 nitrogen and oxygen atoms in total. The van der Waals surface area contributed by atoms with Crippen LogP contribution in [0.25, 0.3) is 0 Å². The quantitative estimate of drug-likeness (QED) is 0.565. The van der Waals surface area contributed by atoms with Gasteiger partial charge < -0.3 is 10.1 Å². The first kappa shape index (κ1) is 16.4. The Morgan fingerprint density at radius 2 is 2.05 bits per heavy atom. The minimum absolute atomic E-state index is 0.0408. The van der Waals surface area contributed by atoms with E-state index in [4.69, 9.17) is 4.74 Å². The first-order valence-corrected chi connectivity index (χ1v) is 7.35. The Balaban J connectivity index is 2.42. The Labute approximate surface area is 121 Å². The number of nitrogens with one attached hydrogen (secondary N) is 1. The van der Waals surface area contributed by atoms with Crippen LogP contribution >= 0.6 is 15.9 Å². The molecule has 1 atom stereocenters. The van der Waals surface area contributed by atoms with Crippen LogP contribution in [0.5, 0.6) is 5.75 Å². The topological polar surface area (TPSA) is 21.3 Å². The molecule has 0 aliphatic rings. The highest BCUT2D eigenvalue weighted by atomic mass is 79.9. The zero-order chi connectivity index (χ0) is 14.3. The van der Waals surface area contributed by atoms with Crippen LogP contribution in [-0.2, 0) is 0 Å². The second-order valence-electron chi connectivity index (χ2n) is 4.52. The Kier molecular flexibility index (Phi) is 7.31. The lowest BCUT2D eigenvalue weighted by molar-refractivity contribution is 0.196. The third-order valence-electron chi connectivity index (χ3n) is 2.68. The molecule has 0 fully saturated rings. The van der Waals surface area contributed by atoms with E-state index in [9.17, 15) is 8.78 Å². The molecule has 108 valence electrons. The van der Waals surface area contributed by atoms with Crippen molar-refractivity contribution in [1.29, 1.82) is 0 Å². The normalized spacial score (nSPS) is 12.5. The first-order valence-electron chi connectivity index (χ1n) is 6.56. The predicted molar refractivity (Wildman–Crippen MR) is 76.5 cm³/mol. The summed E-state index contributed by atoms with van der Waals surface area (Å²) in [7, 11) is 0. The molecule has 0 amide bonds. The average molecular weight is 336 g/mol. The second-order valence-corrected chi connectivity index (χ2v) is 5.44. The lowest BCUT2D eigenvalue weighted by Gasteiger charge is -2.15. The molecule has 19 heavy (non-hydrogen) atoms. The lowest BCUT2D eigenvalue weighted by atomic mass is 10.2. The second kappa shape index (κ2) is 8.48. The SMILES string of the molecule is CCCNCCCC(C)Oc1cc(Br)cc(F)c1F. The van der Waals surface area contributed by atoms with Crippen LogP contribution in [-0.4, -0.2) is 19.2 Å². The molecule has 1 aromatic carbocycles. The fraction of sp³-hybridized carbons (Fsp3) is 0.571. The molecule has 0 aliphatic heterocycles. The van der Waals surface area contributed by atoms with Crippen molar-refractivity contribution >= 4 is 15.9 Å². The molecule has 0 bridgehead atoms. The molecule has 1 unspecified atom stereocenters. The Morgan fingerprint density at radius 1 is 1.32 bits per heavy atom. The van der Waals surface area contributed by atoms with E-state index >= 15 is 0 Å². The van der Waals surface area contributed by atoms with E-state index in [-0.39, 0.29) is 11.9 Å². The van der Waals surface area contributed by atoms with Crippen molar-refractivity contribution < 1.29 is 13.5 Å². The van der Waals surface area contributed by atoms with Crippen molar-refractivity contribution in [3.63, 3.8) is 0 Å². The summed E-state index contributed by atoms with van der Waals surface area (Å²) in [6.45, 7) is 5.89. The van der Waals surface area contributed by atoms with Crippen LogP contribution in [0.1, 0.15) is 33.1 Å². The summed E-state index contributed by atoms with van der Waals surface area (Å²) in [6.07, 6.45) is 2.70. The maximum Gasteiger partial charge on any atom is 0.200 e. The summed E-state index contributed by atoms with van der Waals surface area (Å²) in [5.74, 6) is -1.87. The van der Waals surface area contributed by atoms with Crippen LogP contribution in [0.3, 0.4) is 0 Å². The average Bonchev–Trinajstić information content (AvgIpc) is 2.35. The van der Waals surface area contributed by atoms with Crippen molar-refractivity contribution in [2.45, 2.75) is 39.2 Å². The molecule has 0 saturated carbocycles. The van der Waals surface area contributed by atoms with Crippen LogP contribution in [0.15, 0.2) is 16.6 Å². The summed E-state index contributed by atoms with van der Waals surface area (Å²) in [5.41, 5.74) is 0. The number of hydrogen-bond donors (Lipinski definition) is 1. The molecule has 0 heterocycles. The molecule has 1 aromatic rings. The van der Waals surface area contributed by atoms with Gasteiger partial charge in [-0.25, -0.2) is 4.39 Å². The van der Waals surface area contributed by atoms with Gasteiger partial charge >= 0.3 is 0 Å². The summed E-state index contributed by atoms with van der Waals surface area (Å²) in [5, 5.41) is 3.29. The zero-order valence-corrected chi connectivity index (χ0v) is 12.9. The van der Waals surface area contributed by atoms with Crippen molar-refractivity contribution in [1.82, 2.24) is 5.32 Å². The number of halogens is 3. The largest absolute Gasteiger partial charge is 0.487 e. The number of ether oxygens (including phenoxy) is 1. The number of hydrogen-bond acceptors (Lipinski definition) is 2. The van der Waals surface area contributed by atoms with Gasteiger partial charge in [-0.3, -0.25) is 0 Å². The summed E-state index contributed by atoms with van der Waals surface area (Å²) in [6, 6.07) is 2.53. The van der Waals surface area contributed by atoms with Crippen LogP contribution in [0, 0.1) is 11.6 Å². The highest BCUT2D eigenvalue weighted by Crippen LogP contribution is 2.26. The van der Waals surface area contributed by atoms with Crippen molar-refractivity contribution in [2.24, 2.45) is 0 Å². The smallest absolute Gasteiger partial charge is 0.200 e. The Hall–Kier alpha value is -0.680. The maximum atomic E-state index is 13.5. The van der Waals surface area contributed by atoms with Gasteiger partial charge in [0.1, 0.15) is 0 Å². The predicted octanol–water partition coefficient (Wildman–Crippen LogP) is 4.27. The lowest BCUT2D eigenvalue weighted by Crippen LogP contribution is -2.19. The Morgan fingerprint density at radius 3 is 2.74 bits per heavy atom. The van der Waals surface area contributed by atoms with E-state index < -0.39 is 11.6 Å². The van der Waals surface area contributed by atoms with Gasteiger partial charge in [-0.15, -0.1) is 0 Å². The minimum Gasteiger partial charge on any atom is -0.487 e. The van der Waals surface area contributed by atoms with Crippen LogP contribution in [0.2, 0.25) is 0 Å². The molecule has 0 aliphatic carbocycles. The van der Waals surface area contributed by atoms with E-state index in [1.54, 1.807) is 0 Å². The third-order valence-corrected chi connectivity index (χ3v) is 3.14. The van der Waals surface area contributed by atoms with E-state index in [0.29, 0.717) is 4.47 Å². The number of rotatable bonds is 8. The van der Waals surface area contributed by atoms with E-state index in [1.807, 2.05) is 6.92 Å². The van der Waals surface area contributed by atoms with Gasteiger partial charge in [0.25, 0.3) is 0 Å². The molecule has 5 heteroatoms. The van der Waals surface area contributed by atoms with Gasteiger partial charge in [-0.1, -0.05) is 22.9 Å². The van der Waals surface area contributed by atoms with Gasteiger partial charge in [0.05, 0.1) is 6.10 Å². The summed E-state index contributed by atoms with van der Waals surface area (Å²) >= 11 is 3.12. The summed E-state index contributed by atoms with van der Waals surface area (Å²) in [4.78, 5) is 0. The van der Waals surface area contributed by atoms with Gasteiger partial charge in [0.2, 0.25) is 5.82 Å². The monoisotopic (exact) mass is 335 g/mol. The van der Waals surface area contributed by atoms with Crippen LogP contribution < -0.4 is 10.1 Å². The minimum atomic E-state index is -0.931. The highest BCUT2D eigenvalue weighted by molar-refractivity contribution is 9.10. The molecule has 0 aromatic heterocycles. The van der Waals surface area contributed by atoms with Gasteiger partial charge in [-0.05, 0) is 51.4 Å². The maximum absolute atomic E-state index is 13.5. The zero-order valence-electron chi connectivity index (χ0n) is 11.3. The molecule has 1 rings (SSSR count). The Bertz CT molecular complexity index is 401. The van der Waals surface area contributed by atoms with Crippen molar-refractivity contribution in [3.05, 3.63) is 28.2 Å². The van der Waals surface area contributed by atoms with Gasteiger partial charge in [0.15, 0.2) is 11.6 Å². The first-order chi connectivity index (χ1) is 9.04. The van der Waals surface area contributed by atoms with E-state index in [2.05, 4.69) is 28.2 Å². The fourth-order valence-electron chi connectivity index (χ4n) is 1.71. The van der Waals surface area contributed by atoms with Crippen LogP contribution in [0.4, 0.5) is 8.78 Å². The molecule has 0 spiro atoms. The molecule has 0 radical (unpaired) electrons. The molecular weight excluding hydrogens is 316 g/mol. The molecule has 0 saturated heterocycles. The number of benzene rings is 1. The summed E-state index contributed by atoms with van der Waals surface area (Å²) < 4.78 is 32.6. The highest BCUT2D eigenvalue weighted by Gasteiger charge is 2.13. The van der Waals surface area contributed by atoms with E-state index in [0.717, 1.165) is 38.4 Å². The van der Waals surface area contributed by atoms with E-state index in [1.165, 1.54) is 6.07 Å². The van der Waals surface area contributed by atoms with Crippen molar-refractivity contribution in [3.8, 4) is 5.75 Å². The third kappa shape index (κ3) is 5.87. The molecular formula is C14H20BrF2NO.